The maximum atomic E-state index is 13.7. The molecule has 2 aliphatic heterocycles. The number of amides is 4. The number of benzene rings is 2. The molecule has 2 heterocycles. The van der Waals surface area contributed by atoms with Crippen molar-refractivity contribution in [3.8, 4) is 11.8 Å². The van der Waals surface area contributed by atoms with E-state index in [-0.39, 0.29) is 82.0 Å². The molecule has 4 N–H and O–H groups in total. The zero-order chi connectivity index (χ0) is 30.5. The monoisotopic (exact) mass is 668 g/mol. The fourth-order valence-corrected chi connectivity index (χ4v) is 4.87. The number of fused-ring (bicyclic) bond motifs is 2. The molecule has 44 heavy (non-hydrogen) atoms. The molecular formula is C28H26AlCl2F6LiN4O2. The summed E-state index contributed by atoms with van der Waals surface area (Å²) in [6.07, 6.45) is -3.55. The van der Waals surface area contributed by atoms with Gasteiger partial charge in [0.05, 0.1) is 0 Å². The minimum absolute atomic E-state index is 0. The second kappa shape index (κ2) is 13.1. The van der Waals surface area contributed by atoms with Crippen LogP contribution in [0.1, 0.15) is 38.2 Å². The van der Waals surface area contributed by atoms with Crippen LogP contribution in [0.5, 0.6) is 0 Å². The summed E-state index contributed by atoms with van der Waals surface area (Å²) in [5.41, 5.74) is -5.38. The van der Waals surface area contributed by atoms with E-state index < -0.39 is 35.5 Å². The van der Waals surface area contributed by atoms with E-state index in [1.165, 1.54) is 42.5 Å². The van der Waals surface area contributed by atoms with E-state index in [2.05, 4.69) is 22.5 Å². The third-order valence-electron chi connectivity index (χ3n) is 7.05. The molecule has 2 aromatic rings. The molecule has 16 heteroatoms. The molecular weight excluding hydrogens is 643 g/mol. The van der Waals surface area contributed by atoms with Gasteiger partial charge in [0.25, 0.3) is 0 Å². The Morgan fingerprint density at radius 2 is 1.34 bits per heavy atom. The molecule has 2 aliphatic carbocycles. The summed E-state index contributed by atoms with van der Waals surface area (Å²) in [5, 5.41) is 8.99. The van der Waals surface area contributed by atoms with E-state index in [1.54, 1.807) is 0 Å². The fraction of sp³-hybridized carbons (Fsp3) is 0.357. The van der Waals surface area contributed by atoms with Gasteiger partial charge in [-0.1, -0.05) is 41.1 Å². The number of carbonyl (C=O) groups excluding carboxylic acids is 2. The second-order valence-corrected chi connectivity index (χ2v) is 11.2. The van der Waals surface area contributed by atoms with Gasteiger partial charge < -0.3 is 22.7 Å². The predicted molar refractivity (Wildman–Crippen MR) is 156 cm³/mol. The molecule has 0 unspecified atom stereocenters. The number of carbonyl (C=O) groups is 2. The number of halogens is 8. The van der Waals surface area contributed by atoms with E-state index in [1.807, 2.05) is 10.6 Å². The van der Waals surface area contributed by atoms with Crippen LogP contribution in [-0.4, -0.2) is 41.8 Å². The molecule has 0 spiro atoms. The summed E-state index contributed by atoms with van der Waals surface area (Å²) in [4.78, 5) is 23.3. The first-order valence-corrected chi connectivity index (χ1v) is 13.5. The Morgan fingerprint density at radius 3 is 1.84 bits per heavy atom. The van der Waals surface area contributed by atoms with Crippen molar-refractivity contribution in [1.82, 2.24) is 10.6 Å². The molecule has 0 saturated heterocycles. The number of anilines is 2. The molecule has 0 bridgehead atoms. The zero-order valence-electron chi connectivity index (χ0n) is 23.4. The minimum atomic E-state index is -4.76. The van der Waals surface area contributed by atoms with Gasteiger partial charge in [-0.2, -0.15) is 26.3 Å². The van der Waals surface area contributed by atoms with Crippen molar-refractivity contribution in [3.05, 3.63) is 69.7 Å². The van der Waals surface area contributed by atoms with Crippen LogP contribution >= 0.6 is 23.2 Å². The molecule has 6 nitrogen and oxygen atoms in total. The zero-order valence-corrected chi connectivity index (χ0v) is 24.0. The summed E-state index contributed by atoms with van der Waals surface area (Å²) in [5.74, 6) is 4.97. The smallest absolute Gasteiger partial charge is 1.00 e. The number of nitrogens with one attached hydrogen (secondary N) is 4. The first kappa shape index (κ1) is 36.0. The largest absolute Gasteiger partial charge is 1.00 e. The maximum Gasteiger partial charge on any atom is 1.00 e. The van der Waals surface area contributed by atoms with Gasteiger partial charge in [-0.05, 0) is 74.1 Å². The Hall–Kier alpha value is -2.43. The van der Waals surface area contributed by atoms with E-state index in [9.17, 15) is 35.9 Å². The quantitative estimate of drug-likeness (QED) is 0.170. The van der Waals surface area contributed by atoms with Crippen molar-refractivity contribution >= 4 is 64.0 Å². The van der Waals surface area contributed by atoms with Crippen LogP contribution in [-0.2, 0) is 11.1 Å². The second-order valence-electron chi connectivity index (χ2n) is 10.3. The Morgan fingerprint density at radius 1 is 0.818 bits per heavy atom. The van der Waals surface area contributed by atoms with Crippen molar-refractivity contribution in [2.75, 3.05) is 10.6 Å². The summed E-state index contributed by atoms with van der Waals surface area (Å²) >= 11 is 11.6. The Bertz CT molecular complexity index is 1550. The molecule has 0 radical (unpaired) electrons. The molecule has 230 valence electrons. The van der Waals surface area contributed by atoms with E-state index in [0.717, 1.165) is 31.8 Å². The first-order valence-electron chi connectivity index (χ1n) is 12.8. The summed E-state index contributed by atoms with van der Waals surface area (Å²) in [6, 6.07) is 6.17. The first-order chi connectivity index (χ1) is 19.6. The van der Waals surface area contributed by atoms with Crippen molar-refractivity contribution in [2.24, 2.45) is 11.8 Å². The van der Waals surface area contributed by atoms with Crippen molar-refractivity contribution in [2.45, 2.75) is 49.1 Å². The van der Waals surface area contributed by atoms with Gasteiger partial charge in [0, 0.05) is 38.5 Å². The van der Waals surface area contributed by atoms with Crippen LogP contribution in [0.15, 0.2) is 48.6 Å². The Kier molecular flexibility index (Phi) is 10.8. The molecule has 4 amide bonds. The van der Waals surface area contributed by atoms with E-state index in [4.69, 9.17) is 23.2 Å². The molecule has 2 atom stereocenters. The molecule has 2 fully saturated rings. The third kappa shape index (κ3) is 7.34. The van der Waals surface area contributed by atoms with Gasteiger partial charge in [0.1, 0.15) is 0 Å². The number of hydrogen-bond donors (Lipinski definition) is 4. The third-order valence-corrected chi connectivity index (χ3v) is 7.52. The Balaban J connectivity index is 0.000000294. The normalized spacial score (nSPS) is 23.7. The van der Waals surface area contributed by atoms with Gasteiger partial charge in [-0.25, -0.2) is 9.59 Å². The van der Waals surface area contributed by atoms with Gasteiger partial charge in [-0.15, -0.1) is 0 Å². The number of alkyl halides is 6. The summed E-state index contributed by atoms with van der Waals surface area (Å²) < 4.78 is 82.1. The number of urea groups is 2. The maximum absolute atomic E-state index is 13.7. The standard InChI is InChI=1S/C14H12ClF3N2O.C14H10ClF3N2O.Al.Li.4H/c2*15-9-3-4-11-10(7-9)13(14(16,17)18,20-12(21)19-11)6-5-8-1-2-8;;;;;;/h3-8H,1-2H2,(H2,19,20,21);3-4,7-8H,1-2H2,(H2,19,20,21);;;;;;/q;;;+1;;;;-1/t2*13-;;;;;;/m00....../s1. The van der Waals surface area contributed by atoms with E-state index in [0.29, 0.717) is 0 Å². The summed E-state index contributed by atoms with van der Waals surface area (Å²) in [6.45, 7) is 0. The minimum Gasteiger partial charge on any atom is -1.00 e. The van der Waals surface area contributed by atoms with Gasteiger partial charge in [-0.3, -0.25) is 0 Å². The molecule has 4 aliphatic rings. The SMILES string of the molecule is O=C1Nc2ccc(Cl)cc2[C@@](C#CC2CC2)(C(F)(F)F)N1.O=C1Nc2ccc(Cl)cc2[C@@](C=CC2CC2)(C(F)(F)F)N1.[AlH3].[H-].[Li+]. The van der Waals surface area contributed by atoms with Crippen LogP contribution in [0.3, 0.4) is 0 Å². The molecule has 2 aromatic carbocycles. The fourth-order valence-electron chi connectivity index (χ4n) is 4.53. The number of allylic oxidation sites excluding steroid dienone is 1. The average molecular weight is 669 g/mol. The average Bonchev–Trinajstić information content (AvgIpc) is 3.81. The van der Waals surface area contributed by atoms with Gasteiger partial charge >= 0.3 is 43.3 Å². The van der Waals surface area contributed by atoms with Crippen molar-refractivity contribution < 1.29 is 56.2 Å². The topological polar surface area (TPSA) is 82.3 Å². The van der Waals surface area contributed by atoms with Crippen LogP contribution in [0.25, 0.3) is 0 Å². The van der Waals surface area contributed by atoms with Crippen LogP contribution in [0.4, 0.5) is 47.3 Å². The van der Waals surface area contributed by atoms with Gasteiger partial charge in [0.15, 0.2) is 22.9 Å². The van der Waals surface area contributed by atoms with Crippen LogP contribution < -0.4 is 40.1 Å². The molecule has 6 rings (SSSR count). The van der Waals surface area contributed by atoms with Crippen LogP contribution in [0.2, 0.25) is 10.0 Å². The van der Waals surface area contributed by atoms with Crippen molar-refractivity contribution in [3.63, 3.8) is 0 Å². The van der Waals surface area contributed by atoms with Gasteiger partial charge in [0.2, 0.25) is 5.54 Å². The van der Waals surface area contributed by atoms with E-state index >= 15 is 0 Å². The predicted octanol–water partition coefficient (Wildman–Crippen LogP) is 3.78. The molecule has 0 aromatic heterocycles. The summed E-state index contributed by atoms with van der Waals surface area (Å²) in [7, 11) is 0. The molecule has 2 saturated carbocycles. The van der Waals surface area contributed by atoms with Crippen LogP contribution in [0, 0.1) is 23.7 Å². The number of hydrogen-bond acceptors (Lipinski definition) is 2. The van der Waals surface area contributed by atoms with Crippen molar-refractivity contribution in [1.29, 1.82) is 0 Å². The Labute approximate surface area is 282 Å². The number of rotatable bonds is 2.